The third-order valence-electron chi connectivity index (χ3n) is 3.76. The molecule has 0 saturated heterocycles. The Morgan fingerprint density at radius 3 is 2.55 bits per heavy atom. The van der Waals surface area contributed by atoms with Crippen molar-refractivity contribution in [3.05, 3.63) is 75.0 Å². The van der Waals surface area contributed by atoms with Crippen molar-refractivity contribution in [2.24, 2.45) is 5.10 Å². The maximum absolute atomic E-state index is 12.6. The van der Waals surface area contributed by atoms with Crippen molar-refractivity contribution < 1.29 is 18.1 Å². The minimum Gasteiger partial charge on any atom is -0.497 e. The Labute approximate surface area is 170 Å². The van der Waals surface area contributed by atoms with Gasteiger partial charge in [-0.05, 0) is 53.2 Å². The number of ether oxygens (including phenoxy) is 1. The molecule has 29 heavy (non-hydrogen) atoms. The van der Waals surface area contributed by atoms with Crippen LogP contribution in [0.2, 0.25) is 0 Å². The number of rotatable bonds is 8. The number of thiophene rings is 1. The van der Waals surface area contributed by atoms with E-state index in [4.69, 9.17) is 4.74 Å². The maximum atomic E-state index is 12.6. The van der Waals surface area contributed by atoms with Crippen molar-refractivity contribution in [3.8, 4) is 5.75 Å². The van der Waals surface area contributed by atoms with Gasteiger partial charge in [-0.2, -0.15) is 16.4 Å². The zero-order valence-corrected chi connectivity index (χ0v) is 16.7. The molecule has 1 aromatic heterocycles. The van der Waals surface area contributed by atoms with E-state index in [0.717, 1.165) is 11.6 Å². The van der Waals surface area contributed by atoms with E-state index in [1.54, 1.807) is 12.1 Å². The normalized spacial score (nSPS) is 11.3. The van der Waals surface area contributed by atoms with Gasteiger partial charge in [0.1, 0.15) is 11.4 Å². The van der Waals surface area contributed by atoms with Crippen molar-refractivity contribution in [3.63, 3.8) is 0 Å². The second-order valence-electron chi connectivity index (χ2n) is 5.70. The number of hydrogen-bond donors (Lipinski definition) is 2. The minimum atomic E-state index is -4.02. The van der Waals surface area contributed by atoms with E-state index in [0.29, 0.717) is 11.4 Å². The number of benzene rings is 2. The summed E-state index contributed by atoms with van der Waals surface area (Å²) in [6.07, 6.45) is 1.51. The van der Waals surface area contributed by atoms with E-state index < -0.39 is 20.6 Å². The summed E-state index contributed by atoms with van der Waals surface area (Å²) in [7, 11) is -2.52. The molecular formula is C18H16N4O5S2. The molecule has 11 heteroatoms. The van der Waals surface area contributed by atoms with Crippen LogP contribution in [0.25, 0.3) is 0 Å². The summed E-state index contributed by atoms with van der Waals surface area (Å²) in [5, 5.41) is 19.1. The van der Waals surface area contributed by atoms with Crippen LogP contribution >= 0.6 is 11.3 Å². The Hall–Kier alpha value is -3.44. The van der Waals surface area contributed by atoms with Crippen molar-refractivity contribution in [1.29, 1.82) is 0 Å². The highest BCUT2D eigenvalue weighted by molar-refractivity contribution is 7.92. The smallest absolute Gasteiger partial charge is 0.295 e. The summed E-state index contributed by atoms with van der Waals surface area (Å²) in [4.78, 5) is 10.5. The van der Waals surface area contributed by atoms with Gasteiger partial charge in [0.25, 0.3) is 15.7 Å². The topological polar surface area (TPSA) is 123 Å². The van der Waals surface area contributed by atoms with E-state index in [1.165, 1.54) is 48.9 Å². The molecule has 2 N–H and O–H groups in total. The predicted octanol–water partition coefficient (Wildman–Crippen LogP) is 3.91. The Morgan fingerprint density at radius 2 is 1.93 bits per heavy atom. The molecule has 0 radical (unpaired) electrons. The molecule has 0 spiro atoms. The quantitative estimate of drug-likeness (QED) is 0.316. The minimum absolute atomic E-state index is 0.0740. The fraction of sp³-hybridized carbons (Fsp3) is 0.0556. The number of anilines is 2. The van der Waals surface area contributed by atoms with Crippen LogP contribution in [0.15, 0.2) is 69.3 Å². The van der Waals surface area contributed by atoms with Crippen molar-refractivity contribution in [1.82, 2.24) is 0 Å². The molecule has 0 aliphatic carbocycles. The first-order valence-corrected chi connectivity index (χ1v) is 10.6. The molecule has 0 fully saturated rings. The van der Waals surface area contributed by atoms with Gasteiger partial charge in [0.05, 0.1) is 23.1 Å². The molecule has 0 amide bonds. The number of methoxy groups -OCH3 is 1. The molecule has 150 valence electrons. The van der Waals surface area contributed by atoms with Crippen molar-refractivity contribution in [2.75, 3.05) is 17.3 Å². The number of nitrogens with one attached hydrogen (secondary N) is 2. The van der Waals surface area contributed by atoms with Crippen LogP contribution in [-0.2, 0) is 10.0 Å². The van der Waals surface area contributed by atoms with E-state index in [1.807, 2.05) is 16.8 Å². The Kier molecular flexibility index (Phi) is 6.10. The fourth-order valence-corrected chi connectivity index (χ4v) is 4.01. The van der Waals surface area contributed by atoms with E-state index in [-0.39, 0.29) is 10.6 Å². The van der Waals surface area contributed by atoms with Gasteiger partial charge in [-0.15, -0.1) is 0 Å². The standard InChI is InChI=1S/C18H16N4O5S2/c1-27-15-4-2-14(3-5-15)21-29(25,26)16-6-7-17(18(10-16)22(23)24)20-19-11-13-8-9-28-12-13/h2-12,20-21H,1H3/b19-11+. The number of hydrazone groups is 1. The highest BCUT2D eigenvalue weighted by atomic mass is 32.2. The SMILES string of the molecule is COc1ccc(NS(=O)(=O)c2ccc(N/N=C/c3ccsc3)c([N+](=O)[O-])c2)cc1. The van der Waals surface area contributed by atoms with Gasteiger partial charge in [0.2, 0.25) is 0 Å². The lowest BCUT2D eigenvalue weighted by atomic mass is 10.3. The molecule has 3 aromatic rings. The first kappa shape index (κ1) is 20.3. The molecule has 0 bridgehead atoms. The van der Waals surface area contributed by atoms with Gasteiger partial charge in [0, 0.05) is 17.3 Å². The van der Waals surface area contributed by atoms with Gasteiger partial charge < -0.3 is 4.74 Å². The number of nitrogens with zero attached hydrogens (tertiary/aromatic N) is 2. The van der Waals surface area contributed by atoms with E-state index in [2.05, 4.69) is 15.2 Å². The van der Waals surface area contributed by atoms with Gasteiger partial charge in [-0.1, -0.05) is 0 Å². The van der Waals surface area contributed by atoms with E-state index in [9.17, 15) is 18.5 Å². The van der Waals surface area contributed by atoms with E-state index >= 15 is 0 Å². The van der Waals surface area contributed by atoms with Crippen molar-refractivity contribution >= 4 is 44.6 Å². The molecule has 0 saturated carbocycles. The summed E-state index contributed by atoms with van der Waals surface area (Å²) in [6.45, 7) is 0. The van der Waals surface area contributed by atoms with Crippen LogP contribution in [0.5, 0.6) is 5.75 Å². The zero-order valence-electron chi connectivity index (χ0n) is 15.1. The number of nitro benzene ring substituents is 1. The van der Waals surface area contributed by atoms with Crippen LogP contribution in [0.3, 0.4) is 0 Å². The lowest BCUT2D eigenvalue weighted by molar-refractivity contribution is -0.384. The third kappa shape index (κ3) is 5.09. The molecule has 0 aliphatic rings. The van der Waals surface area contributed by atoms with Gasteiger partial charge in [-0.25, -0.2) is 8.42 Å². The second kappa shape index (κ2) is 8.71. The maximum Gasteiger partial charge on any atom is 0.295 e. The molecule has 9 nitrogen and oxygen atoms in total. The molecule has 0 aliphatic heterocycles. The Morgan fingerprint density at radius 1 is 1.17 bits per heavy atom. The zero-order chi connectivity index (χ0) is 20.9. The fourth-order valence-electron chi connectivity index (χ4n) is 2.32. The van der Waals surface area contributed by atoms with Gasteiger partial charge in [0.15, 0.2) is 0 Å². The molecule has 0 unspecified atom stereocenters. The van der Waals surface area contributed by atoms with Gasteiger partial charge in [-0.3, -0.25) is 20.3 Å². The third-order valence-corrected chi connectivity index (χ3v) is 5.84. The molecule has 0 atom stereocenters. The first-order valence-electron chi connectivity index (χ1n) is 8.15. The molecule has 2 aromatic carbocycles. The number of nitro groups is 1. The van der Waals surface area contributed by atoms with Crippen LogP contribution < -0.4 is 14.9 Å². The Balaban J connectivity index is 1.83. The average Bonchev–Trinajstić information content (AvgIpc) is 3.22. The summed E-state index contributed by atoms with van der Waals surface area (Å²) in [6, 6.07) is 11.6. The average molecular weight is 432 g/mol. The molecular weight excluding hydrogens is 416 g/mol. The summed E-state index contributed by atoms with van der Waals surface area (Å²) in [5.74, 6) is 0.571. The summed E-state index contributed by atoms with van der Waals surface area (Å²) >= 11 is 1.49. The summed E-state index contributed by atoms with van der Waals surface area (Å²) < 4.78 is 32.6. The highest BCUT2D eigenvalue weighted by Crippen LogP contribution is 2.29. The number of hydrogen-bond acceptors (Lipinski definition) is 8. The van der Waals surface area contributed by atoms with Crippen LogP contribution in [0.4, 0.5) is 17.1 Å². The second-order valence-corrected chi connectivity index (χ2v) is 8.16. The molecule has 1 heterocycles. The summed E-state index contributed by atoms with van der Waals surface area (Å²) in [5.41, 5.74) is 3.38. The number of sulfonamides is 1. The monoisotopic (exact) mass is 432 g/mol. The molecule has 3 rings (SSSR count). The van der Waals surface area contributed by atoms with Crippen molar-refractivity contribution in [2.45, 2.75) is 4.90 Å². The van der Waals surface area contributed by atoms with Crippen LogP contribution in [-0.4, -0.2) is 26.7 Å². The predicted molar refractivity (Wildman–Crippen MR) is 112 cm³/mol. The largest absolute Gasteiger partial charge is 0.497 e. The highest BCUT2D eigenvalue weighted by Gasteiger charge is 2.21. The van der Waals surface area contributed by atoms with Gasteiger partial charge >= 0.3 is 0 Å². The van der Waals surface area contributed by atoms with Crippen LogP contribution in [0.1, 0.15) is 5.56 Å². The lowest BCUT2D eigenvalue weighted by Crippen LogP contribution is -2.13. The Bertz CT molecular complexity index is 1130. The lowest BCUT2D eigenvalue weighted by Gasteiger charge is -2.10. The van der Waals surface area contributed by atoms with Crippen LogP contribution in [0, 0.1) is 10.1 Å². The first-order chi connectivity index (χ1) is 13.9.